The highest BCUT2D eigenvalue weighted by molar-refractivity contribution is 9.10. The van der Waals surface area contributed by atoms with Gasteiger partial charge in [-0.1, -0.05) is 11.6 Å². The average molecular weight is 300 g/mol. The molecule has 82 valence electrons. The molecule has 0 N–H and O–H groups in total. The fourth-order valence-electron chi connectivity index (χ4n) is 1.34. The number of hydrogen-bond donors (Lipinski definition) is 0. The van der Waals surface area contributed by atoms with E-state index in [0.29, 0.717) is 16.0 Å². The molecule has 2 rings (SSSR count). The smallest absolute Gasteiger partial charge is 0.265 e. The fraction of sp³-hybridized carbons (Fsp3) is 0.0909. The Kier molecular flexibility index (Phi) is 3.41. The van der Waals surface area contributed by atoms with E-state index in [-0.39, 0.29) is 5.56 Å². The first-order chi connectivity index (χ1) is 7.66. The molecule has 0 saturated carbocycles. The highest BCUT2D eigenvalue weighted by Crippen LogP contribution is 2.09. The normalized spacial score (nSPS) is 10.4. The van der Waals surface area contributed by atoms with E-state index in [2.05, 4.69) is 20.9 Å². The minimum absolute atomic E-state index is 0.0794. The monoisotopic (exact) mass is 298 g/mol. The van der Waals surface area contributed by atoms with Gasteiger partial charge in [-0.05, 0) is 40.2 Å². The van der Waals surface area contributed by atoms with E-state index in [1.807, 2.05) is 0 Å². The maximum Gasteiger partial charge on any atom is 0.265 e. The number of nitrogens with zero attached hydrogens (tertiary/aromatic N) is 2. The molecule has 2 heterocycles. The molecule has 2 aromatic rings. The van der Waals surface area contributed by atoms with Crippen molar-refractivity contribution < 1.29 is 0 Å². The van der Waals surface area contributed by atoms with Crippen LogP contribution in [0.4, 0.5) is 0 Å². The van der Waals surface area contributed by atoms with Gasteiger partial charge in [-0.15, -0.1) is 0 Å². The Morgan fingerprint density at radius 3 is 3.00 bits per heavy atom. The third kappa shape index (κ3) is 2.51. The molecule has 0 aliphatic carbocycles. The molecule has 0 aliphatic rings. The fourth-order valence-corrected chi connectivity index (χ4v) is 1.90. The van der Waals surface area contributed by atoms with Crippen LogP contribution in [-0.2, 0) is 6.54 Å². The Bertz CT molecular complexity index is 568. The first kappa shape index (κ1) is 11.4. The molecule has 5 heteroatoms. The predicted octanol–water partition coefficient (Wildman–Crippen LogP) is 2.71. The van der Waals surface area contributed by atoms with E-state index in [1.165, 1.54) is 0 Å². The Hall–Kier alpha value is -1.13. The zero-order valence-corrected chi connectivity index (χ0v) is 10.6. The number of pyridine rings is 2. The molecule has 2 aromatic heterocycles. The van der Waals surface area contributed by atoms with Crippen molar-refractivity contribution in [2.45, 2.75) is 6.54 Å². The molecule has 0 fully saturated rings. The molecule has 3 nitrogen and oxygen atoms in total. The summed E-state index contributed by atoms with van der Waals surface area (Å²) in [6.07, 6.45) is 3.34. The van der Waals surface area contributed by atoms with Gasteiger partial charge in [0.25, 0.3) is 5.56 Å². The molecule has 0 aromatic carbocycles. The van der Waals surface area contributed by atoms with Gasteiger partial charge in [-0.2, -0.15) is 0 Å². The van der Waals surface area contributed by atoms with Crippen molar-refractivity contribution in [1.29, 1.82) is 0 Å². The second-order valence-electron chi connectivity index (χ2n) is 3.25. The lowest BCUT2D eigenvalue weighted by Gasteiger charge is -2.05. The van der Waals surface area contributed by atoms with E-state index >= 15 is 0 Å². The third-order valence-electron chi connectivity index (χ3n) is 2.08. The molecule has 0 aliphatic heterocycles. The summed E-state index contributed by atoms with van der Waals surface area (Å²) in [6, 6.07) is 6.96. The number of rotatable bonds is 2. The zero-order chi connectivity index (χ0) is 11.5. The van der Waals surface area contributed by atoms with Gasteiger partial charge in [0.15, 0.2) is 0 Å². The van der Waals surface area contributed by atoms with Gasteiger partial charge in [0.2, 0.25) is 0 Å². The Morgan fingerprint density at radius 2 is 2.25 bits per heavy atom. The first-order valence-electron chi connectivity index (χ1n) is 4.62. The van der Waals surface area contributed by atoms with Crippen LogP contribution in [0.1, 0.15) is 5.69 Å². The van der Waals surface area contributed by atoms with Crippen molar-refractivity contribution in [2.75, 3.05) is 0 Å². The van der Waals surface area contributed by atoms with Gasteiger partial charge in [0.1, 0.15) is 0 Å². The SMILES string of the molecule is O=c1c(Br)cccn1Cc1cc(Cl)ccn1. The number of aromatic nitrogens is 2. The van der Waals surface area contributed by atoms with E-state index in [4.69, 9.17) is 11.6 Å². The minimum Gasteiger partial charge on any atom is -0.309 e. The van der Waals surface area contributed by atoms with Crippen molar-refractivity contribution in [2.24, 2.45) is 0 Å². The Morgan fingerprint density at radius 1 is 1.44 bits per heavy atom. The summed E-state index contributed by atoms with van der Waals surface area (Å²) >= 11 is 9.04. The molecule has 0 spiro atoms. The van der Waals surface area contributed by atoms with Crippen LogP contribution in [0.2, 0.25) is 5.02 Å². The van der Waals surface area contributed by atoms with Gasteiger partial charge >= 0.3 is 0 Å². The van der Waals surface area contributed by atoms with Crippen molar-refractivity contribution >= 4 is 27.5 Å². The molecule has 0 radical (unpaired) electrons. The van der Waals surface area contributed by atoms with E-state index in [9.17, 15) is 4.79 Å². The second kappa shape index (κ2) is 4.80. The molecule has 0 atom stereocenters. The van der Waals surface area contributed by atoms with E-state index in [1.54, 1.807) is 41.2 Å². The van der Waals surface area contributed by atoms with Crippen LogP contribution in [0.25, 0.3) is 0 Å². The summed E-state index contributed by atoms with van der Waals surface area (Å²) in [5, 5.41) is 0.619. The Labute approximate surface area is 106 Å². The summed E-state index contributed by atoms with van der Waals surface area (Å²) in [4.78, 5) is 15.9. The second-order valence-corrected chi connectivity index (χ2v) is 4.55. The van der Waals surface area contributed by atoms with Gasteiger partial charge in [0, 0.05) is 17.4 Å². The molecule has 16 heavy (non-hydrogen) atoms. The van der Waals surface area contributed by atoms with Gasteiger partial charge in [0.05, 0.1) is 16.7 Å². The third-order valence-corrected chi connectivity index (χ3v) is 2.92. The maximum absolute atomic E-state index is 11.7. The lowest BCUT2D eigenvalue weighted by atomic mass is 10.3. The summed E-state index contributed by atoms with van der Waals surface area (Å²) in [5.41, 5.74) is 0.678. The van der Waals surface area contributed by atoms with Crippen LogP contribution in [0.5, 0.6) is 0 Å². The predicted molar refractivity (Wildman–Crippen MR) is 66.8 cm³/mol. The topological polar surface area (TPSA) is 34.9 Å². The van der Waals surface area contributed by atoms with Crippen LogP contribution in [0.15, 0.2) is 45.9 Å². The molecule has 0 amide bonds. The molecular weight excluding hydrogens is 291 g/mol. The van der Waals surface area contributed by atoms with Crippen LogP contribution in [0.3, 0.4) is 0 Å². The van der Waals surface area contributed by atoms with Gasteiger partial charge < -0.3 is 4.57 Å². The molecule has 0 saturated heterocycles. The van der Waals surface area contributed by atoms with E-state index < -0.39 is 0 Å². The Balaban J connectivity index is 2.34. The average Bonchev–Trinajstić information content (AvgIpc) is 2.25. The highest BCUT2D eigenvalue weighted by atomic mass is 79.9. The van der Waals surface area contributed by atoms with Crippen LogP contribution >= 0.6 is 27.5 Å². The lowest BCUT2D eigenvalue weighted by Crippen LogP contribution is -2.20. The quantitative estimate of drug-likeness (QED) is 0.854. The molecule has 0 unspecified atom stereocenters. The largest absolute Gasteiger partial charge is 0.309 e. The number of halogens is 2. The maximum atomic E-state index is 11.7. The van der Waals surface area contributed by atoms with E-state index in [0.717, 1.165) is 5.69 Å². The van der Waals surface area contributed by atoms with Crippen molar-refractivity contribution in [3.63, 3.8) is 0 Å². The van der Waals surface area contributed by atoms with Crippen molar-refractivity contribution in [1.82, 2.24) is 9.55 Å². The lowest BCUT2D eigenvalue weighted by molar-refractivity contribution is 0.735. The summed E-state index contributed by atoms with van der Waals surface area (Å²) in [6.45, 7) is 0.416. The first-order valence-corrected chi connectivity index (χ1v) is 5.79. The van der Waals surface area contributed by atoms with Crippen molar-refractivity contribution in [3.8, 4) is 0 Å². The summed E-state index contributed by atoms with van der Waals surface area (Å²) in [5.74, 6) is 0. The number of hydrogen-bond acceptors (Lipinski definition) is 2. The van der Waals surface area contributed by atoms with Gasteiger partial charge in [-0.25, -0.2) is 0 Å². The molecule has 0 bridgehead atoms. The minimum atomic E-state index is -0.0794. The van der Waals surface area contributed by atoms with Gasteiger partial charge in [-0.3, -0.25) is 9.78 Å². The standard InChI is InChI=1S/C11H8BrClN2O/c12-10-2-1-5-15(11(10)16)7-9-6-8(13)3-4-14-9/h1-6H,7H2. The summed E-state index contributed by atoms with van der Waals surface area (Å²) in [7, 11) is 0. The van der Waals surface area contributed by atoms with Crippen molar-refractivity contribution in [3.05, 3.63) is 62.2 Å². The molecular formula is C11H8BrClN2O. The van der Waals surface area contributed by atoms with Crippen LogP contribution in [-0.4, -0.2) is 9.55 Å². The van der Waals surface area contributed by atoms with Crippen LogP contribution in [0, 0.1) is 0 Å². The highest BCUT2D eigenvalue weighted by Gasteiger charge is 2.02. The zero-order valence-electron chi connectivity index (χ0n) is 8.23. The van der Waals surface area contributed by atoms with Crippen LogP contribution < -0.4 is 5.56 Å². The summed E-state index contributed by atoms with van der Waals surface area (Å²) < 4.78 is 2.11.